The van der Waals surface area contributed by atoms with Gasteiger partial charge in [0.1, 0.15) is 11.3 Å². The van der Waals surface area contributed by atoms with Gasteiger partial charge in [0.2, 0.25) is 5.91 Å². The fourth-order valence-electron chi connectivity index (χ4n) is 3.06. The van der Waals surface area contributed by atoms with Crippen molar-refractivity contribution in [3.8, 4) is 0 Å². The molecule has 1 aliphatic heterocycles. The molecule has 0 aliphatic carbocycles. The van der Waals surface area contributed by atoms with Gasteiger partial charge in [-0.05, 0) is 25.0 Å². The van der Waals surface area contributed by atoms with Crippen LogP contribution in [0.1, 0.15) is 23.2 Å². The Kier molecular flexibility index (Phi) is 8.26. The molecule has 1 aromatic heterocycles. The summed E-state index contributed by atoms with van der Waals surface area (Å²) in [5.74, 6) is -1.16. The lowest BCUT2D eigenvalue weighted by molar-refractivity contribution is -0.126. The van der Waals surface area contributed by atoms with Crippen molar-refractivity contribution in [2.24, 2.45) is 11.7 Å². The zero-order valence-electron chi connectivity index (χ0n) is 14.0. The highest BCUT2D eigenvalue weighted by molar-refractivity contribution is 6.05. The molecule has 1 aromatic carbocycles. The minimum absolute atomic E-state index is 0. The predicted octanol–water partition coefficient (Wildman–Crippen LogP) is 1.47. The van der Waals surface area contributed by atoms with E-state index in [1.165, 1.54) is 18.5 Å². The normalized spacial score (nSPS) is 16.5. The number of fused-ring (bicyclic) bond motifs is 1. The van der Waals surface area contributed by atoms with E-state index in [2.05, 4.69) is 15.3 Å². The molecule has 1 fully saturated rings. The number of carbonyl (C=O) groups is 2. The Labute approximate surface area is 162 Å². The van der Waals surface area contributed by atoms with Crippen LogP contribution in [0.15, 0.2) is 18.5 Å². The van der Waals surface area contributed by atoms with Crippen LogP contribution in [0.5, 0.6) is 0 Å². The van der Waals surface area contributed by atoms with Crippen LogP contribution in [-0.4, -0.2) is 52.9 Å². The largest absolute Gasteiger partial charge is 0.355 e. The number of carbonyl (C=O) groups excluding carboxylic acids is 2. The van der Waals surface area contributed by atoms with E-state index < -0.39 is 5.82 Å². The van der Waals surface area contributed by atoms with E-state index in [0.29, 0.717) is 37.2 Å². The Morgan fingerprint density at radius 1 is 1.38 bits per heavy atom. The van der Waals surface area contributed by atoms with Crippen LogP contribution in [0.4, 0.5) is 4.39 Å². The van der Waals surface area contributed by atoms with Crippen molar-refractivity contribution in [3.63, 3.8) is 0 Å². The summed E-state index contributed by atoms with van der Waals surface area (Å²) in [6.07, 6.45) is 2.88. The minimum Gasteiger partial charge on any atom is -0.355 e. The number of aromatic amines is 1. The number of imidazole rings is 1. The first kappa shape index (κ1) is 22.1. The molecule has 144 valence electrons. The van der Waals surface area contributed by atoms with Crippen molar-refractivity contribution in [1.82, 2.24) is 20.2 Å². The standard InChI is InChI=1S/C16H20FN5O2.2ClH/c17-11-6-12(14-13(7-11)20-9-21-14)16(24)22-5-1-2-10(8-22)15(23)19-4-3-18;;/h6-7,9-10H,1-5,8,18H2,(H,19,23)(H,20,21);2*1H. The second-order valence-electron chi connectivity index (χ2n) is 5.92. The number of nitrogens with zero attached hydrogens (tertiary/aromatic N) is 2. The number of benzene rings is 1. The average Bonchev–Trinajstić information content (AvgIpc) is 3.06. The van der Waals surface area contributed by atoms with Crippen molar-refractivity contribution < 1.29 is 14.0 Å². The molecule has 2 amide bonds. The van der Waals surface area contributed by atoms with E-state index in [1.54, 1.807) is 4.90 Å². The number of halogens is 3. The summed E-state index contributed by atoms with van der Waals surface area (Å²) in [4.78, 5) is 33.4. The van der Waals surface area contributed by atoms with E-state index in [-0.39, 0.29) is 48.1 Å². The van der Waals surface area contributed by atoms with Gasteiger partial charge in [0.25, 0.3) is 5.91 Å². The van der Waals surface area contributed by atoms with Crippen molar-refractivity contribution >= 4 is 47.7 Å². The lowest BCUT2D eigenvalue weighted by atomic mass is 9.96. The maximum atomic E-state index is 13.8. The third kappa shape index (κ3) is 4.63. The second-order valence-corrected chi connectivity index (χ2v) is 5.92. The lowest BCUT2D eigenvalue weighted by Gasteiger charge is -2.32. The van der Waals surface area contributed by atoms with Crippen LogP contribution in [-0.2, 0) is 4.79 Å². The van der Waals surface area contributed by atoms with Crippen LogP contribution in [0.25, 0.3) is 11.0 Å². The van der Waals surface area contributed by atoms with Crippen LogP contribution in [0, 0.1) is 11.7 Å². The summed E-state index contributed by atoms with van der Waals surface area (Å²) in [6.45, 7) is 1.65. The van der Waals surface area contributed by atoms with Crippen molar-refractivity contribution in [2.45, 2.75) is 12.8 Å². The zero-order valence-corrected chi connectivity index (χ0v) is 15.7. The SMILES string of the molecule is Cl.Cl.NCCNC(=O)C1CCCN(C(=O)c2cc(F)cc3[nH]cnc23)C1. The Balaban J connectivity index is 0.00000169. The number of rotatable bonds is 4. The number of hydrogen-bond acceptors (Lipinski definition) is 4. The molecule has 0 bridgehead atoms. The van der Waals surface area contributed by atoms with Gasteiger partial charge in [-0.1, -0.05) is 0 Å². The molecule has 4 N–H and O–H groups in total. The van der Waals surface area contributed by atoms with E-state index in [0.717, 1.165) is 12.8 Å². The van der Waals surface area contributed by atoms with Gasteiger partial charge in [0.15, 0.2) is 0 Å². The number of amides is 2. The van der Waals surface area contributed by atoms with Gasteiger partial charge in [-0.3, -0.25) is 9.59 Å². The number of hydrogen-bond donors (Lipinski definition) is 3. The van der Waals surface area contributed by atoms with Crippen LogP contribution >= 0.6 is 24.8 Å². The number of H-pyrrole nitrogens is 1. The van der Waals surface area contributed by atoms with Crippen LogP contribution in [0.2, 0.25) is 0 Å². The van der Waals surface area contributed by atoms with Gasteiger partial charge in [-0.25, -0.2) is 9.37 Å². The molecular formula is C16H22Cl2FN5O2. The fraction of sp³-hybridized carbons (Fsp3) is 0.438. The minimum atomic E-state index is -0.496. The molecular weight excluding hydrogens is 384 g/mol. The molecule has 26 heavy (non-hydrogen) atoms. The summed E-state index contributed by atoms with van der Waals surface area (Å²) >= 11 is 0. The first-order valence-corrected chi connectivity index (χ1v) is 8.00. The summed E-state index contributed by atoms with van der Waals surface area (Å²) in [7, 11) is 0. The van der Waals surface area contributed by atoms with Gasteiger partial charge in [0, 0.05) is 26.2 Å². The molecule has 1 saturated heterocycles. The summed E-state index contributed by atoms with van der Waals surface area (Å²) in [6, 6.07) is 2.50. The number of likely N-dealkylation sites (tertiary alicyclic amines) is 1. The molecule has 2 heterocycles. The highest BCUT2D eigenvalue weighted by atomic mass is 35.5. The quantitative estimate of drug-likeness (QED) is 0.715. The predicted molar refractivity (Wildman–Crippen MR) is 101 cm³/mol. The van der Waals surface area contributed by atoms with E-state index in [9.17, 15) is 14.0 Å². The number of piperidine rings is 1. The van der Waals surface area contributed by atoms with Gasteiger partial charge in [-0.15, -0.1) is 24.8 Å². The van der Waals surface area contributed by atoms with E-state index in [4.69, 9.17) is 5.73 Å². The lowest BCUT2D eigenvalue weighted by Crippen LogP contribution is -2.46. The molecule has 10 heteroatoms. The second kappa shape index (κ2) is 9.70. The van der Waals surface area contributed by atoms with E-state index >= 15 is 0 Å². The third-order valence-corrected chi connectivity index (χ3v) is 4.24. The molecule has 1 unspecified atom stereocenters. The smallest absolute Gasteiger partial charge is 0.256 e. The van der Waals surface area contributed by atoms with Crippen molar-refractivity contribution in [3.05, 3.63) is 29.8 Å². The first-order chi connectivity index (χ1) is 11.6. The van der Waals surface area contributed by atoms with Crippen LogP contribution < -0.4 is 11.1 Å². The van der Waals surface area contributed by atoms with Crippen molar-refractivity contribution in [1.29, 1.82) is 0 Å². The molecule has 1 aliphatic rings. The average molecular weight is 406 g/mol. The molecule has 1 atom stereocenters. The number of nitrogens with one attached hydrogen (secondary N) is 2. The molecule has 0 saturated carbocycles. The van der Waals surface area contributed by atoms with Gasteiger partial charge in [0.05, 0.1) is 23.3 Å². The third-order valence-electron chi connectivity index (χ3n) is 4.24. The molecule has 2 aromatic rings. The summed E-state index contributed by atoms with van der Waals surface area (Å²) in [5, 5.41) is 2.76. The maximum Gasteiger partial charge on any atom is 0.256 e. The molecule has 7 nitrogen and oxygen atoms in total. The number of nitrogens with two attached hydrogens (primary N) is 1. The topological polar surface area (TPSA) is 104 Å². The van der Waals surface area contributed by atoms with Gasteiger partial charge in [-0.2, -0.15) is 0 Å². The molecule has 0 radical (unpaired) electrons. The Morgan fingerprint density at radius 2 is 2.15 bits per heavy atom. The highest BCUT2D eigenvalue weighted by Gasteiger charge is 2.30. The monoisotopic (exact) mass is 405 g/mol. The zero-order chi connectivity index (χ0) is 17.1. The molecule has 3 rings (SSSR count). The maximum absolute atomic E-state index is 13.8. The Bertz CT molecular complexity index is 770. The van der Waals surface area contributed by atoms with Crippen LogP contribution in [0.3, 0.4) is 0 Å². The summed E-state index contributed by atoms with van der Waals surface area (Å²) < 4.78 is 13.8. The molecule has 0 spiro atoms. The number of aromatic nitrogens is 2. The van der Waals surface area contributed by atoms with Gasteiger partial charge < -0.3 is 20.9 Å². The Hall–Kier alpha value is -1.90. The highest BCUT2D eigenvalue weighted by Crippen LogP contribution is 2.23. The summed E-state index contributed by atoms with van der Waals surface area (Å²) in [5.41, 5.74) is 6.53. The first-order valence-electron chi connectivity index (χ1n) is 8.00. The van der Waals surface area contributed by atoms with Crippen molar-refractivity contribution in [2.75, 3.05) is 26.2 Å². The Morgan fingerprint density at radius 3 is 2.88 bits per heavy atom. The van der Waals surface area contributed by atoms with E-state index in [1.807, 2.05) is 0 Å². The fourth-order valence-corrected chi connectivity index (χ4v) is 3.06. The van der Waals surface area contributed by atoms with Gasteiger partial charge >= 0.3 is 0 Å².